The van der Waals surface area contributed by atoms with Crippen LogP contribution < -0.4 is 5.32 Å². The summed E-state index contributed by atoms with van der Waals surface area (Å²) in [6.07, 6.45) is 1.81. The average Bonchev–Trinajstić information content (AvgIpc) is 2.49. The molecular formula is C15H20ClN3O3S. The molecule has 1 aliphatic rings. The van der Waals surface area contributed by atoms with Gasteiger partial charge >= 0.3 is 0 Å². The molecule has 1 fully saturated rings. The summed E-state index contributed by atoms with van der Waals surface area (Å²) in [6, 6.07) is 4.34. The molecule has 126 valence electrons. The van der Waals surface area contributed by atoms with Crippen LogP contribution in [0, 0.1) is 0 Å². The Morgan fingerprint density at radius 2 is 2.00 bits per heavy atom. The van der Waals surface area contributed by atoms with Crippen LogP contribution in [0.2, 0.25) is 5.02 Å². The molecule has 0 aromatic heterocycles. The molecule has 0 radical (unpaired) electrons. The van der Waals surface area contributed by atoms with Crippen molar-refractivity contribution in [3.8, 4) is 0 Å². The van der Waals surface area contributed by atoms with Crippen LogP contribution in [0.5, 0.6) is 0 Å². The van der Waals surface area contributed by atoms with Crippen molar-refractivity contribution in [3.63, 3.8) is 0 Å². The van der Waals surface area contributed by atoms with E-state index in [1.165, 1.54) is 29.4 Å². The Kier molecular flexibility index (Phi) is 5.80. The van der Waals surface area contributed by atoms with Crippen molar-refractivity contribution in [1.29, 1.82) is 0 Å². The SMILES string of the molecule is C=CCN1CCN(S(=O)(=O)c2ccc(NC(C)=O)c(Cl)c2)CC1. The summed E-state index contributed by atoms with van der Waals surface area (Å²) in [4.78, 5) is 13.3. The van der Waals surface area contributed by atoms with Crippen LogP contribution in [-0.4, -0.2) is 56.3 Å². The normalized spacial score (nSPS) is 17.0. The van der Waals surface area contributed by atoms with E-state index in [1.54, 1.807) is 0 Å². The lowest BCUT2D eigenvalue weighted by Crippen LogP contribution is -2.48. The molecule has 1 N–H and O–H groups in total. The van der Waals surface area contributed by atoms with Crippen LogP contribution in [0.1, 0.15) is 6.92 Å². The van der Waals surface area contributed by atoms with E-state index in [9.17, 15) is 13.2 Å². The number of nitrogens with one attached hydrogen (secondary N) is 1. The Morgan fingerprint density at radius 3 is 2.52 bits per heavy atom. The molecule has 0 atom stereocenters. The predicted octanol–water partition coefficient (Wildman–Crippen LogP) is 1.79. The van der Waals surface area contributed by atoms with Gasteiger partial charge in [-0.2, -0.15) is 4.31 Å². The molecule has 1 aromatic carbocycles. The van der Waals surface area contributed by atoms with Crippen LogP contribution in [0.3, 0.4) is 0 Å². The van der Waals surface area contributed by atoms with E-state index < -0.39 is 10.0 Å². The lowest BCUT2D eigenvalue weighted by molar-refractivity contribution is -0.114. The first kappa shape index (κ1) is 17.9. The molecule has 8 heteroatoms. The van der Waals surface area contributed by atoms with Gasteiger partial charge in [-0.3, -0.25) is 9.69 Å². The Bertz CT molecular complexity index is 698. The van der Waals surface area contributed by atoms with E-state index in [0.717, 1.165) is 6.54 Å². The number of nitrogens with zero attached hydrogens (tertiary/aromatic N) is 2. The minimum Gasteiger partial charge on any atom is -0.325 e. The van der Waals surface area contributed by atoms with E-state index in [4.69, 9.17) is 11.6 Å². The van der Waals surface area contributed by atoms with Gasteiger partial charge in [0.1, 0.15) is 0 Å². The summed E-state index contributed by atoms with van der Waals surface area (Å²) in [5, 5.41) is 2.76. The summed E-state index contributed by atoms with van der Waals surface area (Å²) in [6.45, 7) is 8.01. The fourth-order valence-electron chi connectivity index (χ4n) is 2.43. The summed E-state index contributed by atoms with van der Waals surface area (Å²) < 4.78 is 26.8. The van der Waals surface area contributed by atoms with E-state index in [1.807, 2.05) is 6.08 Å². The third-order valence-corrected chi connectivity index (χ3v) is 5.81. The average molecular weight is 358 g/mol. The van der Waals surface area contributed by atoms with Crippen LogP contribution in [0.25, 0.3) is 0 Å². The van der Waals surface area contributed by atoms with E-state index in [0.29, 0.717) is 31.9 Å². The summed E-state index contributed by atoms with van der Waals surface area (Å²) in [5.74, 6) is -0.263. The van der Waals surface area contributed by atoms with Gasteiger partial charge in [0.25, 0.3) is 0 Å². The predicted molar refractivity (Wildman–Crippen MR) is 91.2 cm³/mol. The van der Waals surface area contributed by atoms with Gasteiger partial charge in [-0.05, 0) is 18.2 Å². The van der Waals surface area contributed by atoms with Crippen molar-refractivity contribution < 1.29 is 13.2 Å². The highest BCUT2D eigenvalue weighted by Gasteiger charge is 2.28. The maximum absolute atomic E-state index is 12.7. The number of carbonyl (C=O) groups is 1. The van der Waals surface area contributed by atoms with Gasteiger partial charge in [0.15, 0.2) is 0 Å². The quantitative estimate of drug-likeness (QED) is 0.816. The lowest BCUT2D eigenvalue weighted by atomic mass is 10.3. The first-order chi connectivity index (χ1) is 10.8. The maximum atomic E-state index is 12.7. The second-order valence-electron chi connectivity index (χ2n) is 5.32. The molecule has 23 heavy (non-hydrogen) atoms. The fourth-order valence-corrected chi connectivity index (χ4v) is 4.17. The number of piperazine rings is 1. The monoisotopic (exact) mass is 357 g/mol. The number of amides is 1. The Balaban J connectivity index is 2.15. The van der Waals surface area contributed by atoms with E-state index in [-0.39, 0.29) is 15.8 Å². The van der Waals surface area contributed by atoms with E-state index in [2.05, 4.69) is 16.8 Å². The highest BCUT2D eigenvalue weighted by atomic mass is 35.5. The number of hydrogen-bond donors (Lipinski definition) is 1. The third-order valence-electron chi connectivity index (χ3n) is 3.61. The molecule has 1 aromatic rings. The summed E-state index contributed by atoms with van der Waals surface area (Å²) >= 11 is 6.07. The summed E-state index contributed by atoms with van der Waals surface area (Å²) in [7, 11) is -3.58. The van der Waals surface area contributed by atoms with Crippen LogP contribution in [0.15, 0.2) is 35.7 Å². The van der Waals surface area contributed by atoms with Crippen molar-refractivity contribution in [2.75, 3.05) is 38.0 Å². The Labute approximate surface area is 141 Å². The first-order valence-corrected chi connectivity index (χ1v) is 9.07. The van der Waals surface area contributed by atoms with Crippen molar-refractivity contribution >= 4 is 33.2 Å². The smallest absolute Gasteiger partial charge is 0.243 e. The number of hydrogen-bond acceptors (Lipinski definition) is 4. The van der Waals surface area contributed by atoms with Gasteiger partial charge < -0.3 is 5.32 Å². The summed E-state index contributed by atoms with van der Waals surface area (Å²) in [5.41, 5.74) is 0.397. The van der Waals surface area contributed by atoms with Gasteiger partial charge in [-0.25, -0.2) is 8.42 Å². The number of halogens is 1. The second-order valence-corrected chi connectivity index (χ2v) is 7.66. The molecule has 0 unspecified atom stereocenters. The van der Waals surface area contributed by atoms with Crippen molar-refractivity contribution in [2.45, 2.75) is 11.8 Å². The molecule has 0 spiro atoms. The molecule has 0 bridgehead atoms. The van der Waals surface area contributed by atoms with Crippen LogP contribution in [0.4, 0.5) is 5.69 Å². The van der Waals surface area contributed by atoms with E-state index >= 15 is 0 Å². The maximum Gasteiger partial charge on any atom is 0.243 e. The molecule has 2 rings (SSSR count). The van der Waals surface area contributed by atoms with Gasteiger partial charge in [0, 0.05) is 39.6 Å². The Morgan fingerprint density at radius 1 is 1.35 bits per heavy atom. The van der Waals surface area contributed by atoms with Gasteiger partial charge in [0.2, 0.25) is 15.9 Å². The highest BCUT2D eigenvalue weighted by molar-refractivity contribution is 7.89. The minimum atomic E-state index is -3.58. The third kappa shape index (κ3) is 4.32. The number of anilines is 1. The molecule has 1 amide bonds. The van der Waals surface area contributed by atoms with Crippen LogP contribution >= 0.6 is 11.6 Å². The highest BCUT2D eigenvalue weighted by Crippen LogP contribution is 2.27. The second kappa shape index (κ2) is 7.44. The molecular weight excluding hydrogens is 338 g/mol. The molecule has 1 aliphatic heterocycles. The largest absolute Gasteiger partial charge is 0.325 e. The van der Waals surface area contributed by atoms with Gasteiger partial charge in [-0.15, -0.1) is 6.58 Å². The number of rotatable bonds is 5. The fraction of sp³-hybridized carbons (Fsp3) is 0.400. The lowest BCUT2D eigenvalue weighted by Gasteiger charge is -2.33. The Hall–Kier alpha value is -1.41. The molecule has 0 aliphatic carbocycles. The molecule has 1 heterocycles. The zero-order valence-electron chi connectivity index (χ0n) is 13.0. The number of carbonyl (C=O) groups excluding carboxylic acids is 1. The van der Waals surface area contributed by atoms with Crippen LogP contribution in [-0.2, 0) is 14.8 Å². The van der Waals surface area contributed by atoms with Crippen molar-refractivity contribution in [1.82, 2.24) is 9.21 Å². The molecule has 1 saturated heterocycles. The zero-order chi connectivity index (χ0) is 17.0. The minimum absolute atomic E-state index is 0.133. The first-order valence-electron chi connectivity index (χ1n) is 7.25. The molecule has 6 nitrogen and oxygen atoms in total. The topological polar surface area (TPSA) is 69.7 Å². The van der Waals surface area contributed by atoms with Crippen molar-refractivity contribution in [3.05, 3.63) is 35.9 Å². The number of sulfonamides is 1. The van der Waals surface area contributed by atoms with Gasteiger partial charge in [-0.1, -0.05) is 17.7 Å². The van der Waals surface area contributed by atoms with Crippen molar-refractivity contribution in [2.24, 2.45) is 0 Å². The number of benzene rings is 1. The zero-order valence-corrected chi connectivity index (χ0v) is 14.5. The standard InChI is InChI=1S/C15H20ClN3O3S/c1-3-6-18-7-9-19(10-8-18)23(21,22)13-4-5-15(14(16)11-13)17-12(2)20/h3-5,11H,1,6-10H2,2H3,(H,17,20). The van der Waals surface area contributed by atoms with Gasteiger partial charge in [0.05, 0.1) is 15.6 Å². The molecule has 0 saturated carbocycles.